The zero-order valence-electron chi connectivity index (χ0n) is 11.0. The number of likely N-dealkylation sites (tertiary alicyclic amines) is 1. The van der Waals surface area contributed by atoms with Crippen molar-refractivity contribution in [2.24, 2.45) is 0 Å². The molecule has 2 rings (SSSR count). The van der Waals surface area contributed by atoms with Crippen LogP contribution in [0.5, 0.6) is 0 Å². The highest BCUT2D eigenvalue weighted by atomic mass is 16.5. The Morgan fingerprint density at radius 3 is 2.50 bits per heavy atom. The van der Waals surface area contributed by atoms with E-state index >= 15 is 0 Å². The van der Waals surface area contributed by atoms with Crippen molar-refractivity contribution in [3.8, 4) is 0 Å². The molecular formula is C13H26N2O. The number of hydrogen-bond donors (Lipinski definition) is 0. The molecular weight excluding hydrogens is 200 g/mol. The lowest BCUT2D eigenvalue weighted by Gasteiger charge is -2.43. The lowest BCUT2D eigenvalue weighted by molar-refractivity contribution is -0.0943. The van der Waals surface area contributed by atoms with Gasteiger partial charge in [-0.3, -0.25) is 4.90 Å². The lowest BCUT2D eigenvalue weighted by Crippen LogP contribution is -2.53. The topological polar surface area (TPSA) is 15.7 Å². The molecule has 0 aliphatic carbocycles. The first-order valence-electron chi connectivity index (χ1n) is 6.77. The number of hydrogen-bond acceptors (Lipinski definition) is 3. The second kappa shape index (κ2) is 5.48. The molecule has 2 aliphatic heterocycles. The van der Waals surface area contributed by atoms with E-state index in [-0.39, 0.29) is 0 Å². The molecule has 3 nitrogen and oxygen atoms in total. The SMILES string of the molecule is CC[C@@H]1CN(C2CCN(C)CC2)C[C@H](C)O1. The van der Waals surface area contributed by atoms with Gasteiger partial charge in [0.2, 0.25) is 0 Å². The molecule has 0 unspecified atom stereocenters. The van der Waals surface area contributed by atoms with Crippen LogP contribution in [0.15, 0.2) is 0 Å². The summed E-state index contributed by atoms with van der Waals surface area (Å²) in [5.74, 6) is 0. The van der Waals surface area contributed by atoms with Gasteiger partial charge in [-0.1, -0.05) is 6.92 Å². The molecule has 0 radical (unpaired) electrons. The van der Waals surface area contributed by atoms with Crippen LogP contribution < -0.4 is 0 Å². The van der Waals surface area contributed by atoms with Gasteiger partial charge in [-0.15, -0.1) is 0 Å². The molecule has 0 aromatic rings. The molecule has 2 fully saturated rings. The lowest BCUT2D eigenvalue weighted by atomic mass is 10.0. The van der Waals surface area contributed by atoms with Gasteiger partial charge in [-0.05, 0) is 46.3 Å². The van der Waals surface area contributed by atoms with Gasteiger partial charge in [0.05, 0.1) is 12.2 Å². The molecule has 3 heteroatoms. The van der Waals surface area contributed by atoms with Crippen molar-refractivity contribution in [1.29, 1.82) is 0 Å². The molecule has 0 amide bonds. The van der Waals surface area contributed by atoms with Crippen LogP contribution in [-0.2, 0) is 4.74 Å². The van der Waals surface area contributed by atoms with E-state index in [0.29, 0.717) is 12.2 Å². The standard InChI is InChI=1S/C13H26N2O/c1-4-13-10-15(9-11(2)16-13)12-5-7-14(3)8-6-12/h11-13H,4-10H2,1-3H3/t11-,13+/m0/s1. The van der Waals surface area contributed by atoms with Gasteiger partial charge in [0, 0.05) is 19.1 Å². The number of morpholine rings is 1. The molecule has 94 valence electrons. The number of ether oxygens (including phenoxy) is 1. The van der Waals surface area contributed by atoms with Crippen molar-refractivity contribution in [2.45, 2.75) is 51.4 Å². The number of nitrogens with zero attached hydrogens (tertiary/aromatic N) is 2. The van der Waals surface area contributed by atoms with E-state index in [9.17, 15) is 0 Å². The zero-order valence-corrected chi connectivity index (χ0v) is 11.0. The van der Waals surface area contributed by atoms with Crippen molar-refractivity contribution < 1.29 is 4.74 Å². The molecule has 2 saturated heterocycles. The maximum absolute atomic E-state index is 5.93. The van der Waals surface area contributed by atoms with E-state index in [4.69, 9.17) is 4.74 Å². The van der Waals surface area contributed by atoms with E-state index in [0.717, 1.165) is 25.6 Å². The monoisotopic (exact) mass is 226 g/mol. The van der Waals surface area contributed by atoms with Crippen LogP contribution in [0.4, 0.5) is 0 Å². The zero-order chi connectivity index (χ0) is 11.5. The van der Waals surface area contributed by atoms with Crippen LogP contribution in [0.2, 0.25) is 0 Å². The molecule has 0 saturated carbocycles. The van der Waals surface area contributed by atoms with Gasteiger partial charge < -0.3 is 9.64 Å². The fraction of sp³-hybridized carbons (Fsp3) is 1.00. The Bertz CT molecular complexity index is 214. The Morgan fingerprint density at radius 2 is 1.88 bits per heavy atom. The van der Waals surface area contributed by atoms with Crippen molar-refractivity contribution in [2.75, 3.05) is 33.2 Å². The van der Waals surface area contributed by atoms with Crippen LogP contribution in [0.3, 0.4) is 0 Å². The third kappa shape index (κ3) is 2.96. The first kappa shape index (κ1) is 12.3. The Labute approximate surface area is 99.7 Å². The third-order valence-electron chi connectivity index (χ3n) is 4.01. The summed E-state index contributed by atoms with van der Waals surface area (Å²) < 4.78 is 5.93. The van der Waals surface area contributed by atoms with Crippen molar-refractivity contribution >= 4 is 0 Å². The fourth-order valence-electron chi connectivity index (χ4n) is 2.96. The summed E-state index contributed by atoms with van der Waals surface area (Å²) in [6.45, 7) is 9.24. The minimum atomic E-state index is 0.415. The minimum absolute atomic E-state index is 0.415. The molecule has 0 aromatic carbocycles. The minimum Gasteiger partial charge on any atom is -0.373 e. The van der Waals surface area contributed by atoms with E-state index in [2.05, 4.69) is 30.7 Å². The van der Waals surface area contributed by atoms with Gasteiger partial charge in [-0.2, -0.15) is 0 Å². The molecule has 16 heavy (non-hydrogen) atoms. The van der Waals surface area contributed by atoms with Gasteiger partial charge in [-0.25, -0.2) is 0 Å². The predicted octanol–water partition coefficient (Wildman–Crippen LogP) is 1.58. The van der Waals surface area contributed by atoms with Crippen LogP contribution >= 0.6 is 0 Å². The van der Waals surface area contributed by atoms with Crippen LogP contribution in [0.25, 0.3) is 0 Å². The smallest absolute Gasteiger partial charge is 0.0703 e. The molecule has 0 aromatic heterocycles. The summed E-state index contributed by atoms with van der Waals surface area (Å²) >= 11 is 0. The fourth-order valence-corrected chi connectivity index (χ4v) is 2.96. The van der Waals surface area contributed by atoms with Crippen LogP contribution in [0.1, 0.15) is 33.1 Å². The number of piperidine rings is 1. The second-order valence-corrected chi connectivity index (χ2v) is 5.47. The average molecular weight is 226 g/mol. The van der Waals surface area contributed by atoms with Gasteiger partial charge in [0.1, 0.15) is 0 Å². The van der Waals surface area contributed by atoms with E-state index in [1.54, 1.807) is 0 Å². The Balaban J connectivity index is 1.88. The maximum Gasteiger partial charge on any atom is 0.0703 e. The highest BCUT2D eigenvalue weighted by Crippen LogP contribution is 2.21. The molecule has 0 spiro atoms. The summed E-state index contributed by atoms with van der Waals surface area (Å²) in [4.78, 5) is 5.12. The van der Waals surface area contributed by atoms with Gasteiger partial charge in [0.15, 0.2) is 0 Å². The van der Waals surface area contributed by atoms with Crippen LogP contribution in [-0.4, -0.2) is 61.3 Å². The molecule has 2 heterocycles. The molecule has 2 atom stereocenters. The molecule has 0 bridgehead atoms. The normalized spacial score (nSPS) is 35.4. The molecule has 0 N–H and O–H groups in total. The summed E-state index contributed by atoms with van der Waals surface area (Å²) in [7, 11) is 2.23. The van der Waals surface area contributed by atoms with Crippen molar-refractivity contribution in [1.82, 2.24) is 9.80 Å². The largest absolute Gasteiger partial charge is 0.373 e. The van der Waals surface area contributed by atoms with E-state index in [1.165, 1.54) is 25.9 Å². The maximum atomic E-state index is 5.93. The predicted molar refractivity (Wildman–Crippen MR) is 66.7 cm³/mol. The summed E-state index contributed by atoms with van der Waals surface area (Å²) in [6.07, 6.45) is 4.69. The van der Waals surface area contributed by atoms with Crippen LogP contribution in [0, 0.1) is 0 Å². The summed E-state index contributed by atoms with van der Waals surface area (Å²) in [6, 6.07) is 0.802. The first-order chi connectivity index (χ1) is 7.69. The summed E-state index contributed by atoms with van der Waals surface area (Å²) in [5, 5.41) is 0. The Morgan fingerprint density at radius 1 is 1.19 bits per heavy atom. The second-order valence-electron chi connectivity index (χ2n) is 5.47. The molecule has 2 aliphatic rings. The van der Waals surface area contributed by atoms with Gasteiger partial charge in [0.25, 0.3) is 0 Å². The third-order valence-corrected chi connectivity index (χ3v) is 4.01. The van der Waals surface area contributed by atoms with E-state index in [1.807, 2.05) is 0 Å². The summed E-state index contributed by atoms with van der Waals surface area (Å²) in [5.41, 5.74) is 0. The first-order valence-corrected chi connectivity index (χ1v) is 6.77. The Kier molecular flexibility index (Phi) is 4.22. The quantitative estimate of drug-likeness (QED) is 0.711. The number of rotatable bonds is 2. The highest BCUT2D eigenvalue weighted by Gasteiger charge is 2.30. The highest BCUT2D eigenvalue weighted by molar-refractivity contribution is 4.84. The van der Waals surface area contributed by atoms with Crippen molar-refractivity contribution in [3.05, 3.63) is 0 Å². The average Bonchev–Trinajstić information content (AvgIpc) is 2.29. The van der Waals surface area contributed by atoms with Crippen molar-refractivity contribution in [3.63, 3.8) is 0 Å². The Hall–Kier alpha value is -0.120. The van der Waals surface area contributed by atoms with Gasteiger partial charge >= 0.3 is 0 Å². The van der Waals surface area contributed by atoms with E-state index < -0.39 is 0 Å².